The lowest BCUT2D eigenvalue weighted by Crippen LogP contribution is -2.50. The van der Waals surface area contributed by atoms with E-state index >= 15 is 0 Å². The van der Waals surface area contributed by atoms with Crippen LogP contribution in [0.15, 0.2) is 53.4 Å². The summed E-state index contributed by atoms with van der Waals surface area (Å²) >= 11 is 0. The number of carbonyl (C=O) groups excluding carboxylic acids is 1. The topological polar surface area (TPSA) is 84.5 Å². The first-order valence-corrected chi connectivity index (χ1v) is 11.8. The van der Waals surface area contributed by atoms with Gasteiger partial charge in [-0.25, -0.2) is 8.42 Å². The van der Waals surface area contributed by atoms with Crippen LogP contribution in [0.5, 0.6) is 5.75 Å². The Balaban J connectivity index is 2.26. The Morgan fingerprint density at radius 3 is 2.40 bits per heavy atom. The van der Waals surface area contributed by atoms with E-state index in [1.54, 1.807) is 19.1 Å². The van der Waals surface area contributed by atoms with Crippen molar-refractivity contribution in [3.8, 4) is 5.75 Å². The van der Waals surface area contributed by atoms with Crippen LogP contribution in [0.3, 0.4) is 0 Å². The molecule has 7 heteroatoms. The van der Waals surface area contributed by atoms with Gasteiger partial charge in [0.15, 0.2) is 0 Å². The van der Waals surface area contributed by atoms with Crippen LogP contribution in [0.1, 0.15) is 44.7 Å². The van der Waals surface area contributed by atoms with Crippen LogP contribution < -0.4 is 14.8 Å². The van der Waals surface area contributed by atoms with Crippen LogP contribution in [0, 0.1) is 6.92 Å². The fourth-order valence-corrected chi connectivity index (χ4v) is 4.53. The van der Waals surface area contributed by atoms with Crippen molar-refractivity contribution in [2.24, 2.45) is 0 Å². The van der Waals surface area contributed by atoms with Crippen molar-refractivity contribution in [1.82, 2.24) is 10.0 Å². The highest BCUT2D eigenvalue weighted by atomic mass is 32.2. The zero-order valence-electron chi connectivity index (χ0n) is 18.1. The van der Waals surface area contributed by atoms with Crippen LogP contribution in [-0.2, 0) is 21.2 Å². The first kappa shape index (κ1) is 23.9. The molecule has 0 heterocycles. The highest BCUT2D eigenvalue weighted by Crippen LogP contribution is 2.22. The van der Waals surface area contributed by atoms with E-state index in [1.165, 1.54) is 6.07 Å². The molecule has 0 fully saturated rings. The van der Waals surface area contributed by atoms with Crippen molar-refractivity contribution in [3.05, 3.63) is 59.7 Å². The number of amides is 1. The molecule has 0 aliphatic carbocycles. The lowest BCUT2D eigenvalue weighted by molar-refractivity contribution is -0.123. The molecule has 0 aliphatic heterocycles. The predicted octanol–water partition coefficient (Wildman–Crippen LogP) is 3.59. The Kier molecular flexibility index (Phi) is 8.87. The van der Waals surface area contributed by atoms with E-state index in [0.29, 0.717) is 12.4 Å². The quantitative estimate of drug-likeness (QED) is 0.568. The molecule has 164 valence electrons. The monoisotopic (exact) mass is 432 g/mol. The molecule has 1 amide bonds. The van der Waals surface area contributed by atoms with Crippen LogP contribution in [0.4, 0.5) is 0 Å². The molecular weight excluding hydrogens is 400 g/mol. The van der Waals surface area contributed by atoms with E-state index in [1.807, 2.05) is 51.1 Å². The Bertz CT molecular complexity index is 929. The number of benzene rings is 2. The molecule has 30 heavy (non-hydrogen) atoms. The number of rotatable bonds is 11. The van der Waals surface area contributed by atoms with Crippen LogP contribution in [0.25, 0.3) is 0 Å². The molecule has 0 aromatic heterocycles. The maximum atomic E-state index is 13.0. The van der Waals surface area contributed by atoms with Gasteiger partial charge in [0.2, 0.25) is 15.9 Å². The third kappa shape index (κ3) is 6.85. The summed E-state index contributed by atoms with van der Waals surface area (Å²) < 4.78 is 34.2. The molecule has 2 atom stereocenters. The highest BCUT2D eigenvalue weighted by Gasteiger charge is 2.27. The Morgan fingerprint density at radius 1 is 1.10 bits per heavy atom. The van der Waals surface area contributed by atoms with Gasteiger partial charge in [-0.3, -0.25) is 4.79 Å². The molecule has 2 aromatic rings. The number of hydrogen-bond acceptors (Lipinski definition) is 4. The lowest BCUT2D eigenvalue weighted by Gasteiger charge is -2.21. The minimum atomic E-state index is -3.89. The molecule has 2 N–H and O–H groups in total. The van der Waals surface area contributed by atoms with E-state index in [4.69, 9.17) is 4.74 Å². The van der Waals surface area contributed by atoms with E-state index < -0.39 is 16.1 Å². The lowest BCUT2D eigenvalue weighted by atomic mass is 10.1. The van der Waals surface area contributed by atoms with Crippen molar-refractivity contribution in [2.75, 3.05) is 6.61 Å². The van der Waals surface area contributed by atoms with Crippen molar-refractivity contribution in [3.63, 3.8) is 0 Å². The van der Waals surface area contributed by atoms with Gasteiger partial charge in [0.25, 0.3) is 0 Å². The predicted molar refractivity (Wildman–Crippen MR) is 119 cm³/mol. The average molecular weight is 433 g/mol. The number of aryl methyl sites for hydroxylation is 1. The summed E-state index contributed by atoms with van der Waals surface area (Å²) in [7, 11) is -3.89. The summed E-state index contributed by atoms with van der Waals surface area (Å²) in [5.41, 5.74) is 1.60. The molecule has 0 radical (unpaired) electrons. The van der Waals surface area contributed by atoms with Crippen LogP contribution >= 0.6 is 0 Å². The van der Waals surface area contributed by atoms with Gasteiger partial charge in [-0.15, -0.1) is 0 Å². The van der Waals surface area contributed by atoms with Gasteiger partial charge in [-0.2, -0.15) is 4.72 Å². The number of sulfonamides is 1. The maximum absolute atomic E-state index is 13.0. The van der Waals surface area contributed by atoms with E-state index in [-0.39, 0.29) is 23.3 Å². The number of carbonyl (C=O) groups is 1. The number of ether oxygens (including phenoxy) is 1. The highest BCUT2D eigenvalue weighted by molar-refractivity contribution is 7.89. The van der Waals surface area contributed by atoms with Gasteiger partial charge < -0.3 is 10.1 Å². The average Bonchev–Trinajstić information content (AvgIpc) is 2.70. The summed E-state index contributed by atoms with van der Waals surface area (Å²) in [6.07, 6.45) is 2.03. The Labute approximate surface area is 180 Å². The molecule has 0 saturated heterocycles. The second kappa shape index (κ2) is 11.1. The Hall–Kier alpha value is -2.38. The van der Waals surface area contributed by atoms with Gasteiger partial charge in [0.1, 0.15) is 11.8 Å². The molecule has 2 rings (SSSR count). The van der Waals surface area contributed by atoms with E-state index in [0.717, 1.165) is 24.0 Å². The van der Waals surface area contributed by atoms with Gasteiger partial charge in [0.05, 0.1) is 11.5 Å². The molecule has 0 unspecified atom stereocenters. The second-order valence-electron chi connectivity index (χ2n) is 7.42. The molecule has 2 aromatic carbocycles. The van der Waals surface area contributed by atoms with Gasteiger partial charge >= 0.3 is 0 Å². The molecular formula is C23H32N2O4S. The fraction of sp³-hybridized carbons (Fsp3) is 0.435. The molecule has 0 spiro atoms. The third-order valence-corrected chi connectivity index (χ3v) is 6.23. The first-order valence-electron chi connectivity index (χ1n) is 10.4. The van der Waals surface area contributed by atoms with Gasteiger partial charge in [-0.1, -0.05) is 43.7 Å². The third-order valence-electron chi connectivity index (χ3n) is 4.76. The van der Waals surface area contributed by atoms with E-state index in [9.17, 15) is 13.2 Å². The minimum absolute atomic E-state index is 0.0296. The smallest absolute Gasteiger partial charge is 0.241 e. The zero-order chi connectivity index (χ0) is 22.1. The Morgan fingerprint density at radius 2 is 1.80 bits per heavy atom. The van der Waals surface area contributed by atoms with Crippen LogP contribution in [-0.4, -0.2) is 33.0 Å². The largest absolute Gasteiger partial charge is 0.494 e. The first-order chi connectivity index (χ1) is 14.3. The normalized spacial score (nSPS) is 13.5. The molecule has 0 bridgehead atoms. The second-order valence-corrected chi connectivity index (χ2v) is 9.14. The summed E-state index contributed by atoms with van der Waals surface area (Å²) in [6.45, 7) is 8.13. The standard InChI is InChI=1S/C23H32N2O4S/c1-5-10-18(4)24-23(26)21(16-19-11-8-7-9-12-19)25-30(27,28)20-13-14-22(29-6-2)17(3)15-20/h7-9,11-15,18,21,25H,5-6,10,16H2,1-4H3,(H,24,26)/t18-,21+/m1/s1. The SMILES string of the molecule is CCC[C@@H](C)NC(=O)[C@H](Cc1ccccc1)NS(=O)(=O)c1ccc(OCC)c(C)c1. The van der Waals surface area contributed by atoms with Crippen molar-refractivity contribution < 1.29 is 17.9 Å². The van der Waals surface area contributed by atoms with E-state index in [2.05, 4.69) is 10.0 Å². The fourth-order valence-electron chi connectivity index (χ4n) is 3.25. The summed E-state index contributed by atoms with van der Waals surface area (Å²) in [4.78, 5) is 13.0. The summed E-state index contributed by atoms with van der Waals surface area (Å²) in [5.74, 6) is 0.314. The van der Waals surface area contributed by atoms with Crippen molar-refractivity contribution in [1.29, 1.82) is 0 Å². The zero-order valence-corrected chi connectivity index (χ0v) is 19.0. The van der Waals surface area contributed by atoms with Crippen LogP contribution in [0.2, 0.25) is 0 Å². The number of hydrogen-bond donors (Lipinski definition) is 2. The van der Waals surface area contributed by atoms with Crippen molar-refractivity contribution >= 4 is 15.9 Å². The van der Waals surface area contributed by atoms with Gasteiger partial charge in [0, 0.05) is 6.04 Å². The molecule has 0 saturated carbocycles. The minimum Gasteiger partial charge on any atom is -0.494 e. The van der Waals surface area contributed by atoms with Crippen molar-refractivity contribution in [2.45, 2.75) is 63.9 Å². The van der Waals surface area contributed by atoms with Gasteiger partial charge in [-0.05, 0) is 62.9 Å². The number of nitrogens with one attached hydrogen (secondary N) is 2. The molecule has 0 aliphatic rings. The molecule has 6 nitrogen and oxygen atoms in total. The maximum Gasteiger partial charge on any atom is 0.241 e. The summed E-state index contributed by atoms with van der Waals surface area (Å²) in [6, 6.07) is 13.1. The summed E-state index contributed by atoms with van der Waals surface area (Å²) in [5, 5.41) is 2.93.